The molecule has 0 unspecified atom stereocenters. The topological polar surface area (TPSA) is 49.4 Å². The summed E-state index contributed by atoms with van der Waals surface area (Å²) >= 11 is 6.04. The molecule has 24 heavy (non-hydrogen) atoms. The van der Waals surface area contributed by atoms with Crippen molar-refractivity contribution in [1.82, 2.24) is 0 Å². The van der Waals surface area contributed by atoms with E-state index in [1.165, 1.54) is 18.2 Å². The lowest BCUT2D eigenvalue weighted by molar-refractivity contribution is -0.120. The van der Waals surface area contributed by atoms with Crippen molar-refractivity contribution in [3.8, 4) is 0 Å². The summed E-state index contributed by atoms with van der Waals surface area (Å²) < 4.78 is 13.9. The molecule has 0 fully saturated rings. The zero-order chi connectivity index (χ0) is 17.4. The third-order valence-corrected chi connectivity index (χ3v) is 4.11. The Hall–Kier alpha value is -2.66. The summed E-state index contributed by atoms with van der Waals surface area (Å²) in [6, 6.07) is 11.2. The van der Waals surface area contributed by atoms with E-state index in [-0.39, 0.29) is 16.4 Å². The van der Waals surface area contributed by atoms with E-state index in [2.05, 4.69) is 5.32 Å². The highest BCUT2D eigenvalue weighted by atomic mass is 35.5. The summed E-state index contributed by atoms with van der Waals surface area (Å²) in [5.41, 5.74) is 2.45. The van der Waals surface area contributed by atoms with Gasteiger partial charge in [0, 0.05) is 5.69 Å². The van der Waals surface area contributed by atoms with Crippen LogP contribution < -0.4 is 10.2 Å². The van der Waals surface area contributed by atoms with E-state index in [0.29, 0.717) is 5.69 Å². The molecule has 4 nitrogen and oxygen atoms in total. The molecule has 0 bridgehead atoms. The van der Waals surface area contributed by atoms with Crippen LogP contribution in [0, 0.1) is 19.7 Å². The number of rotatable bonds is 3. The maximum absolute atomic E-state index is 13.9. The molecule has 1 aliphatic heterocycles. The molecule has 2 aromatic rings. The van der Waals surface area contributed by atoms with Gasteiger partial charge in [0.05, 0.1) is 5.69 Å². The molecule has 122 valence electrons. The number of hydrogen-bond acceptors (Lipinski definition) is 3. The van der Waals surface area contributed by atoms with Gasteiger partial charge in [-0.3, -0.25) is 9.59 Å². The fourth-order valence-corrected chi connectivity index (χ4v) is 2.76. The summed E-state index contributed by atoms with van der Waals surface area (Å²) in [6.07, 6.45) is 0. The van der Waals surface area contributed by atoms with Crippen LogP contribution >= 0.6 is 11.6 Å². The van der Waals surface area contributed by atoms with Crippen molar-refractivity contribution in [3.05, 3.63) is 70.1 Å². The van der Waals surface area contributed by atoms with Crippen molar-refractivity contribution in [3.63, 3.8) is 0 Å². The highest BCUT2D eigenvalue weighted by Crippen LogP contribution is 2.32. The van der Waals surface area contributed by atoms with Gasteiger partial charge in [-0.2, -0.15) is 0 Å². The Bertz CT molecular complexity index is 892. The largest absolute Gasteiger partial charge is 0.349 e. The zero-order valence-corrected chi connectivity index (χ0v) is 13.8. The predicted molar refractivity (Wildman–Crippen MR) is 91.3 cm³/mol. The number of anilines is 2. The Kier molecular flexibility index (Phi) is 4.11. The molecule has 2 amide bonds. The Morgan fingerprint density at radius 1 is 1.04 bits per heavy atom. The van der Waals surface area contributed by atoms with Crippen molar-refractivity contribution in [2.75, 3.05) is 10.2 Å². The molecule has 1 heterocycles. The number of hydrogen-bond donors (Lipinski definition) is 1. The molecular weight excluding hydrogens is 331 g/mol. The van der Waals surface area contributed by atoms with Crippen LogP contribution in [0.25, 0.3) is 0 Å². The Labute approximate surface area is 143 Å². The fourth-order valence-electron chi connectivity index (χ4n) is 2.55. The molecule has 0 aromatic heterocycles. The lowest BCUT2D eigenvalue weighted by Gasteiger charge is -2.16. The molecule has 0 saturated carbocycles. The van der Waals surface area contributed by atoms with E-state index in [1.54, 1.807) is 12.1 Å². The first-order chi connectivity index (χ1) is 11.4. The summed E-state index contributed by atoms with van der Waals surface area (Å²) in [6.45, 7) is 3.83. The smallest absolute Gasteiger partial charge is 0.283 e. The van der Waals surface area contributed by atoms with Crippen molar-refractivity contribution >= 4 is 34.8 Å². The maximum atomic E-state index is 13.9. The standard InChI is InChI=1S/C18H14ClFN2O2/c1-10-7-8-13(11(2)9-10)21-16-15(19)17(23)22(18(16)24)14-6-4-3-5-12(14)20/h3-9,21H,1-2H3. The van der Waals surface area contributed by atoms with Gasteiger partial charge in [0.1, 0.15) is 16.5 Å². The first kappa shape index (κ1) is 16.2. The normalized spacial score (nSPS) is 14.6. The molecule has 1 N–H and O–H groups in total. The molecule has 0 saturated heterocycles. The summed E-state index contributed by atoms with van der Waals surface area (Å²) in [7, 11) is 0. The van der Waals surface area contributed by atoms with E-state index in [4.69, 9.17) is 11.6 Å². The van der Waals surface area contributed by atoms with Gasteiger partial charge in [-0.15, -0.1) is 0 Å². The van der Waals surface area contributed by atoms with Crippen LogP contribution in [0.3, 0.4) is 0 Å². The number of carbonyl (C=O) groups is 2. The summed E-state index contributed by atoms with van der Waals surface area (Å²) in [5.74, 6) is -2.11. The number of nitrogens with one attached hydrogen (secondary N) is 1. The Balaban J connectivity index is 1.96. The second-order valence-corrected chi connectivity index (χ2v) is 5.91. The Morgan fingerprint density at radius 2 is 1.75 bits per heavy atom. The van der Waals surface area contributed by atoms with Crippen LogP contribution in [0.2, 0.25) is 0 Å². The van der Waals surface area contributed by atoms with Crippen LogP contribution in [0.1, 0.15) is 11.1 Å². The molecule has 3 rings (SSSR count). The van der Waals surface area contributed by atoms with Crippen molar-refractivity contribution in [2.45, 2.75) is 13.8 Å². The minimum Gasteiger partial charge on any atom is -0.349 e. The van der Waals surface area contributed by atoms with Crippen LogP contribution in [0.4, 0.5) is 15.8 Å². The lowest BCUT2D eigenvalue weighted by atomic mass is 10.1. The second kappa shape index (κ2) is 6.09. The van der Waals surface area contributed by atoms with Gasteiger partial charge in [-0.1, -0.05) is 41.4 Å². The van der Waals surface area contributed by atoms with E-state index >= 15 is 0 Å². The van der Waals surface area contributed by atoms with Crippen molar-refractivity contribution < 1.29 is 14.0 Å². The van der Waals surface area contributed by atoms with Gasteiger partial charge in [-0.25, -0.2) is 9.29 Å². The van der Waals surface area contributed by atoms with Gasteiger partial charge in [-0.05, 0) is 37.6 Å². The number of aryl methyl sites for hydroxylation is 2. The fraction of sp³-hybridized carbons (Fsp3) is 0.111. The number of para-hydroxylation sites is 1. The van der Waals surface area contributed by atoms with Crippen LogP contribution in [-0.2, 0) is 9.59 Å². The van der Waals surface area contributed by atoms with Crippen LogP contribution in [-0.4, -0.2) is 11.8 Å². The minimum absolute atomic E-state index is 0.0585. The van der Waals surface area contributed by atoms with Crippen molar-refractivity contribution in [1.29, 1.82) is 0 Å². The summed E-state index contributed by atoms with van der Waals surface area (Å²) in [4.78, 5) is 25.7. The predicted octanol–water partition coefficient (Wildman–Crippen LogP) is 3.88. The molecule has 6 heteroatoms. The molecular formula is C18H14ClFN2O2. The molecule has 0 atom stereocenters. The minimum atomic E-state index is -0.751. The molecule has 0 aliphatic carbocycles. The number of halogens is 2. The quantitative estimate of drug-likeness (QED) is 0.860. The Morgan fingerprint density at radius 3 is 2.42 bits per heavy atom. The third kappa shape index (κ3) is 2.67. The van der Waals surface area contributed by atoms with Crippen molar-refractivity contribution in [2.24, 2.45) is 0 Å². The molecule has 2 aromatic carbocycles. The molecule has 0 radical (unpaired) electrons. The second-order valence-electron chi connectivity index (χ2n) is 5.53. The number of carbonyl (C=O) groups excluding carboxylic acids is 2. The number of nitrogens with zero attached hydrogens (tertiary/aromatic N) is 1. The SMILES string of the molecule is Cc1ccc(NC2=C(Cl)C(=O)N(c3ccccc3F)C2=O)c(C)c1. The highest BCUT2D eigenvalue weighted by molar-refractivity contribution is 6.53. The first-order valence-electron chi connectivity index (χ1n) is 7.27. The van der Waals surface area contributed by atoms with E-state index in [0.717, 1.165) is 16.0 Å². The summed E-state index contributed by atoms with van der Waals surface area (Å²) in [5, 5.41) is 2.64. The lowest BCUT2D eigenvalue weighted by Crippen LogP contribution is -2.33. The average Bonchev–Trinajstić information content (AvgIpc) is 2.74. The molecule has 1 aliphatic rings. The van der Waals surface area contributed by atoms with Gasteiger partial charge in [0.2, 0.25) is 0 Å². The molecule has 0 spiro atoms. The van der Waals surface area contributed by atoms with E-state index < -0.39 is 17.6 Å². The number of imide groups is 1. The van der Waals surface area contributed by atoms with Crippen LogP contribution in [0.5, 0.6) is 0 Å². The number of amides is 2. The third-order valence-electron chi connectivity index (χ3n) is 3.76. The van der Waals surface area contributed by atoms with Gasteiger partial charge < -0.3 is 5.32 Å². The first-order valence-corrected chi connectivity index (χ1v) is 7.65. The highest BCUT2D eigenvalue weighted by Gasteiger charge is 2.40. The van der Waals surface area contributed by atoms with Gasteiger partial charge >= 0.3 is 0 Å². The number of benzene rings is 2. The van der Waals surface area contributed by atoms with Gasteiger partial charge in [0.15, 0.2) is 0 Å². The monoisotopic (exact) mass is 344 g/mol. The van der Waals surface area contributed by atoms with Gasteiger partial charge in [0.25, 0.3) is 11.8 Å². The maximum Gasteiger partial charge on any atom is 0.283 e. The van der Waals surface area contributed by atoms with Crippen LogP contribution in [0.15, 0.2) is 53.2 Å². The average molecular weight is 345 g/mol. The zero-order valence-electron chi connectivity index (χ0n) is 13.1. The van der Waals surface area contributed by atoms with E-state index in [1.807, 2.05) is 26.0 Å². The van der Waals surface area contributed by atoms with E-state index in [9.17, 15) is 14.0 Å².